The molecule has 0 heterocycles. The van der Waals surface area contributed by atoms with Crippen molar-refractivity contribution in [2.75, 3.05) is 11.5 Å². The minimum Gasteiger partial charge on any atom is -0.457 e. The average Bonchev–Trinajstić information content (AvgIpc) is 3.40. The summed E-state index contributed by atoms with van der Waals surface area (Å²) < 4.78 is 13.2. The van der Waals surface area contributed by atoms with Crippen LogP contribution in [0.25, 0.3) is 11.1 Å². The second-order valence-electron chi connectivity index (χ2n) is 13.2. The van der Waals surface area contributed by atoms with E-state index >= 15 is 0 Å². The standard InChI is InChI=1S/C45H44N2O2/c1-5-11-31-17-21-35(46)27-43(31)48-41-23-19-33(25-29(41)3)45(39-15-9-7-13-37(39)38-14-8-10-16-40(38)45)34-20-24-42(30(4)26-34)49-44-28-36(47)22-18-32(44)12-6-2/h7-10,13-28H,5-6,11-12,46-47H2,1-4H3. The van der Waals surface area contributed by atoms with Crippen LogP contribution in [0, 0.1) is 13.8 Å². The van der Waals surface area contributed by atoms with E-state index in [4.69, 9.17) is 20.9 Å². The van der Waals surface area contributed by atoms with E-state index in [1.54, 1.807) is 0 Å². The van der Waals surface area contributed by atoms with Crippen LogP contribution >= 0.6 is 0 Å². The fourth-order valence-corrected chi connectivity index (χ4v) is 7.54. The van der Waals surface area contributed by atoms with Gasteiger partial charge in [-0.1, -0.05) is 112 Å². The predicted octanol–water partition coefficient (Wildman–Crippen LogP) is 11.3. The first kappa shape index (κ1) is 32.1. The average molecular weight is 645 g/mol. The molecule has 6 aromatic rings. The minimum atomic E-state index is -0.547. The molecule has 0 aromatic heterocycles. The lowest BCUT2D eigenvalue weighted by molar-refractivity contribution is 0.471. The van der Waals surface area contributed by atoms with Crippen LogP contribution in [0.3, 0.4) is 0 Å². The number of fused-ring (bicyclic) bond motifs is 3. The Hall–Kier alpha value is -5.48. The third-order valence-corrected chi connectivity index (χ3v) is 9.83. The van der Waals surface area contributed by atoms with E-state index in [0.29, 0.717) is 11.4 Å². The lowest BCUT2D eigenvalue weighted by Crippen LogP contribution is -2.28. The fraction of sp³-hybridized carbons (Fsp3) is 0.200. The number of rotatable bonds is 10. The number of nitrogens with two attached hydrogens (primary N) is 2. The van der Waals surface area contributed by atoms with Gasteiger partial charge in [0.1, 0.15) is 23.0 Å². The number of benzene rings is 6. The van der Waals surface area contributed by atoms with Gasteiger partial charge in [-0.2, -0.15) is 0 Å². The van der Waals surface area contributed by atoms with E-state index in [0.717, 1.165) is 70.9 Å². The summed E-state index contributed by atoms with van der Waals surface area (Å²) in [6.45, 7) is 8.62. The molecular weight excluding hydrogens is 601 g/mol. The first-order valence-electron chi connectivity index (χ1n) is 17.4. The summed E-state index contributed by atoms with van der Waals surface area (Å²) in [5.41, 5.74) is 25.1. The lowest BCUT2D eigenvalue weighted by atomic mass is 9.67. The maximum absolute atomic E-state index is 6.59. The molecule has 4 heteroatoms. The van der Waals surface area contributed by atoms with E-state index in [1.165, 1.54) is 33.4 Å². The Labute approximate surface area is 290 Å². The molecule has 1 aliphatic rings. The van der Waals surface area contributed by atoms with Crippen LogP contribution in [-0.4, -0.2) is 0 Å². The first-order valence-corrected chi connectivity index (χ1v) is 17.4. The molecule has 4 N–H and O–H groups in total. The van der Waals surface area contributed by atoms with Gasteiger partial charge in [0, 0.05) is 23.5 Å². The molecule has 49 heavy (non-hydrogen) atoms. The van der Waals surface area contributed by atoms with Gasteiger partial charge in [-0.25, -0.2) is 0 Å². The van der Waals surface area contributed by atoms with E-state index in [-0.39, 0.29) is 0 Å². The highest BCUT2D eigenvalue weighted by molar-refractivity contribution is 5.86. The molecule has 1 aliphatic carbocycles. The topological polar surface area (TPSA) is 70.5 Å². The zero-order valence-electron chi connectivity index (χ0n) is 28.8. The monoisotopic (exact) mass is 644 g/mol. The third kappa shape index (κ3) is 5.72. The molecule has 7 rings (SSSR count). The summed E-state index contributed by atoms with van der Waals surface area (Å²) >= 11 is 0. The van der Waals surface area contributed by atoms with E-state index in [2.05, 4.69) is 125 Å². The van der Waals surface area contributed by atoms with Crippen LogP contribution < -0.4 is 20.9 Å². The minimum absolute atomic E-state index is 0.547. The number of anilines is 2. The first-order chi connectivity index (χ1) is 23.8. The molecular formula is C45H44N2O2. The van der Waals surface area contributed by atoms with Crippen LogP contribution in [0.2, 0.25) is 0 Å². The molecule has 0 spiro atoms. The molecule has 0 saturated carbocycles. The van der Waals surface area contributed by atoms with Crippen LogP contribution in [0.1, 0.15) is 71.2 Å². The Bertz CT molecular complexity index is 2010. The van der Waals surface area contributed by atoms with Crippen molar-refractivity contribution in [2.45, 2.75) is 58.8 Å². The number of hydrogen-bond donors (Lipinski definition) is 2. The van der Waals surface area contributed by atoms with Crippen molar-refractivity contribution in [1.29, 1.82) is 0 Å². The summed E-state index contributed by atoms with van der Waals surface area (Å²) in [6, 6.07) is 42.8. The van der Waals surface area contributed by atoms with Crippen molar-refractivity contribution in [3.8, 4) is 34.1 Å². The van der Waals surface area contributed by atoms with Crippen LogP contribution in [-0.2, 0) is 18.3 Å². The van der Waals surface area contributed by atoms with Gasteiger partial charge in [-0.15, -0.1) is 0 Å². The summed E-state index contributed by atoms with van der Waals surface area (Å²) in [6.07, 6.45) is 3.92. The van der Waals surface area contributed by atoms with Crippen LogP contribution in [0.5, 0.6) is 23.0 Å². The summed E-state index contributed by atoms with van der Waals surface area (Å²) in [5.74, 6) is 3.28. The molecule has 0 saturated heterocycles. The largest absolute Gasteiger partial charge is 0.457 e. The lowest BCUT2D eigenvalue weighted by Gasteiger charge is -2.34. The molecule has 0 radical (unpaired) electrons. The van der Waals surface area contributed by atoms with Gasteiger partial charge in [0.05, 0.1) is 5.41 Å². The smallest absolute Gasteiger partial charge is 0.132 e. The molecule has 0 aliphatic heterocycles. The van der Waals surface area contributed by atoms with Crippen molar-refractivity contribution in [3.05, 3.63) is 166 Å². The van der Waals surface area contributed by atoms with Crippen LogP contribution in [0.15, 0.2) is 121 Å². The molecule has 0 bridgehead atoms. The Morgan fingerprint density at radius 3 is 1.33 bits per heavy atom. The number of aryl methyl sites for hydroxylation is 4. The van der Waals surface area contributed by atoms with Gasteiger partial charge < -0.3 is 20.9 Å². The normalized spacial score (nSPS) is 12.7. The summed E-state index contributed by atoms with van der Waals surface area (Å²) in [5, 5.41) is 0. The molecule has 0 unspecified atom stereocenters. The van der Waals surface area contributed by atoms with Crippen molar-refractivity contribution in [1.82, 2.24) is 0 Å². The fourth-order valence-electron chi connectivity index (χ4n) is 7.54. The van der Waals surface area contributed by atoms with Gasteiger partial charge in [0.15, 0.2) is 0 Å². The van der Waals surface area contributed by atoms with Crippen LogP contribution in [0.4, 0.5) is 11.4 Å². The number of hydrogen-bond acceptors (Lipinski definition) is 4. The van der Waals surface area contributed by atoms with E-state index in [9.17, 15) is 0 Å². The molecule has 0 amide bonds. The Morgan fingerprint density at radius 1 is 0.490 bits per heavy atom. The highest BCUT2D eigenvalue weighted by Crippen LogP contribution is 2.56. The second-order valence-corrected chi connectivity index (χ2v) is 13.2. The van der Waals surface area contributed by atoms with Crippen molar-refractivity contribution in [2.24, 2.45) is 0 Å². The zero-order chi connectivity index (χ0) is 34.1. The Kier molecular flexibility index (Phi) is 8.64. The van der Waals surface area contributed by atoms with Gasteiger partial charge in [0.2, 0.25) is 0 Å². The zero-order valence-corrected chi connectivity index (χ0v) is 28.8. The Balaban J connectivity index is 1.37. The van der Waals surface area contributed by atoms with Gasteiger partial charge >= 0.3 is 0 Å². The quantitative estimate of drug-likeness (QED) is 0.145. The Morgan fingerprint density at radius 2 is 0.918 bits per heavy atom. The maximum atomic E-state index is 6.59. The highest BCUT2D eigenvalue weighted by atomic mass is 16.5. The molecule has 246 valence electrons. The number of ether oxygens (including phenoxy) is 2. The molecule has 4 nitrogen and oxygen atoms in total. The van der Waals surface area contributed by atoms with Crippen molar-refractivity contribution < 1.29 is 9.47 Å². The number of nitrogen functional groups attached to an aromatic ring is 2. The van der Waals surface area contributed by atoms with E-state index in [1.807, 2.05) is 24.3 Å². The highest BCUT2D eigenvalue weighted by Gasteiger charge is 2.46. The van der Waals surface area contributed by atoms with Gasteiger partial charge in [-0.3, -0.25) is 0 Å². The molecule has 0 fully saturated rings. The van der Waals surface area contributed by atoms with Gasteiger partial charge in [-0.05, 0) is 107 Å². The van der Waals surface area contributed by atoms with Crippen molar-refractivity contribution in [3.63, 3.8) is 0 Å². The van der Waals surface area contributed by atoms with Crippen molar-refractivity contribution >= 4 is 11.4 Å². The van der Waals surface area contributed by atoms with Gasteiger partial charge in [0.25, 0.3) is 0 Å². The SMILES string of the molecule is CCCc1ccc(N)cc1Oc1ccc(C2(c3ccc(Oc4cc(N)ccc4CCC)c(C)c3)c3ccccc3-c3ccccc32)cc1C. The summed E-state index contributed by atoms with van der Waals surface area (Å²) in [4.78, 5) is 0. The summed E-state index contributed by atoms with van der Waals surface area (Å²) in [7, 11) is 0. The second kappa shape index (κ2) is 13.2. The maximum Gasteiger partial charge on any atom is 0.132 e. The predicted molar refractivity (Wildman–Crippen MR) is 203 cm³/mol. The molecule has 0 atom stereocenters. The third-order valence-electron chi connectivity index (χ3n) is 9.83. The van der Waals surface area contributed by atoms with E-state index < -0.39 is 5.41 Å². The molecule has 6 aromatic carbocycles.